The first-order valence-electron chi connectivity index (χ1n) is 11.2. The van der Waals surface area contributed by atoms with E-state index in [1.165, 1.54) is 18.9 Å². The summed E-state index contributed by atoms with van der Waals surface area (Å²) in [5, 5.41) is 7.71. The lowest BCUT2D eigenvalue weighted by molar-refractivity contribution is -0.113. The lowest BCUT2D eigenvalue weighted by Gasteiger charge is -2.13. The van der Waals surface area contributed by atoms with Crippen molar-refractivity contribution in [1.29, 1.82) is 0 Å². The van der Waals surface area contributed by atoms with Crippen molar-refractivity contribution in [1.82, 2.24) is 19.3 Å². The molecule has 182 valence electrons. The van der Waals surface area contributed by atoms with Gasteiger partial charge in [-0.2, -0.15) is 5.10 Å². The zero-order chi connectivity index (χ0) is 24.8. The Morgan fingerprint density at radius 3 is 2.63 bits per heavy atom. The number of thioether (sulfide) groups is 1. The second-order valence-corrected chi connectivity index (χ2v) is 8.65. The van der Waals surface area contributed by atoms with E-state index in [0.29, 0.717) is 52.9 Å². The number of aromatic nitrogens is 4. The van der Waals surface area contributed by atoms with Crippen molar-refractivity contribution in [3.05, 3.63) is 70.6 Å². The highest BCUT2D eigenvalue weighted by molar-refractivity contribution is 7.99. The van der Waals surface area contributed by atoms with Gasteiger partial charge in [0.15, 0.2) is 10.7 Å². The van der Waals surface area contributed by atoms with Crippen LogP contribution in [0.5, 0.6) is 11.5 Å². The molecule has 0 saturated heterocycles. The van der Waals surface area contributed by atoms with Gasteiger partial charge in [0.2, 0.25) is 5.91 Å². The molecule has 2 aromatic heterocycles. The Balaban J connectivity index is 1.56. The van der Waals surface area contributed by atoms with Crippen molar-refractivity contribution in [3.8, 4) is 11.5 Å². The van der Waals surface area contributed by atoms with Crippen molar-refractivity contribution in [2.75, 3.05) is 25.3 Å². The molecule has 0 aliphatic rings. The third-order valence-electron chi connectivity index (χ3n) is 5.44. The summed E-state index contributed by atoms with van der Waals surface area (Å²) in [6.45, 7) is 3.02. The highest BCUT2D eigenvalue weighted by atomic mass is 32.2. The summed E-state index contributed by atoms with van der Waals surface area (Å²) in [5.41, 5.74) is 2.29. The van der Waals surface area contributed by atoms with E-state index < -0.39 is 0 Å². The van der Waals surface area contributed by atoms with Crippen molar-refractivity contribution in [3.63, 3.8) is 0 Å². The molecule has 10 heteroatoms. The number of fused-ring (bicyclic) bond motifs is 1. The first kappa shape index (κ1) is 24.3. The number of nitrogens with zero attached hydrogens (tertiary/aromatic N) is 4. The summed E-state index contributed by atoms with van der Waals surface area (Å²) < 4.78 is 13.9. The maximum atomic E-state index is 13.3. The maximum Gasteiger partial charge on any atom is 0.282 e. The van der Waals surface area contributed by atoms with E-state index in [9.17, 15) is 9.59 Å². The topological polar surface area (TPSA) is 100 Å². The normalized spacial score (nSPS) is 10.9. The van der Waals surface area contributed by atoms with Gasteiger partial charge >= 0.3 is 0 Å². The van der Waals surface area contributed by atoms with E-state index >= 15 is 0 Å². The highest BCUT2D eigenvalue weighted by Gasteiger charge is 2.17. The minimum absolute atomic E-state index is 0.0698. The number of hydrogen-bond donors (Lipinski definition) is 1. The molecule has 0 saturated carbocycles. The SMILES string of the molecule is CCn1cc2nc(SCC(=O)Nc3ccc(OC)cc3OC)n(CCc3ccccc3)c(=O)c2n1. The van der Waals surface area contributed by atoms with Crippen LogP contribution in [-0.2, 0) is 24.3 Å². The Labute approximate surface area is 207 Å². The molecule has 1 N–H and O–H groups in total. The zero-order valence-corrected chi connectivity index (χ0v) is 20.7. The van der Waals surface area contributed by atoms with E-state index in [-0.39, 0.29) is 17.2 Å². The number of carbonyl (C=O) groups excluding carboxylic acids is 1. The van der Waals surface area contributed by atoms with E-state index in [1.807, 2.05) is 37.3 Å². The number of ether oxygens (including phenoxy) is 2. The lowest BCUT2D eigenvalue weighted by Crippen LogP contribution is -2.25. The maximum absolute atomic E-state index is 13.3. The van der Waals surface area contributed by atoms with Crippen molar-refractivity contribution >= 4 is 34.4 Å². The molecule has 2 heterocycles. The minimum atomic E-state index is -0.244. The average Bonchev–Trinajstić information content (AvgIpc) is 3.31. The van der Waals surface area contributed by atoms with Crippen LogP contribution < -0.4 is 20.3 Å². The van der Waals surface area contributed by atoms with Gasteiger partial charge < -0.3 is 14.8 Å². The molecule has 4 rings (SSSR count). The number of hydrogen-bond acceptors (Lipinski definition) is 7. The third-order valence-corrected chi connectivity index (χ3v) is 6.42. The van der Waals surface area contributed by atoms with Crippen molar-refractivity contribution in [2.24, 2.45) is 0 Å². The zero-order valence-electron chi connectivity index (χ0n) is 19.9. The third kappa shape index (κ3) is 5.65. The van der Waals surface area contributed by atoms with Crippen LogP contribution in [-0.4, -0.2) is 45.2 Å². The monoisotopic (exact) mass is 493 g/mol. The lowest BCUT2D eigenvalue weighted by atomic mass is 10.1. The van der Waals surface area contributed by atoms with Gasteiger partial charge in [-0.15, -0.1) is 0 Å². The first-order chi connectivity index (χ1) is 17.0. The van der Waals surface area contributed by atoms with Gasteiger partial charge in [0.25, 0.3) is 5.56 Å². The van der Waals surface area contributed by atoms with Gasteiger partial charge in [-0.1, -0.05) is 42.1 Å². The van der Waals surface area contributed by atoms with Crippen LogP contribution in [0.2, 0.25) is 0 Å². The summed E-state index contributed by atoms with van der Waals surface area (Å²) in [6.07, 6.45) is 2.41. The fraction of sp³-hybridized carbons (Fsp3) is 0.280. The van der Waals surface area contributed by atoms with Gasteiger partial charge in [0, 0.05) is 19.2 Å². The summed E-state index contributed by atoms with van der Waals surface area (Å²) in [5.74, 6) is 0.947. The number of rotatable bonds is 10. The molecular formula is C25H27N5O4S. The fourth-order valence-corrected chi connectivity index (χ4v) is 4.42. The molecule has 0 spiro atoms. The smallest absolute Gasteiger partial charge is 0.282 e. The standard InChI is InChI=1S/C25H27N5O4S/c1-4-29-15-20-23(28-29)24(32)30(13-12-17-8-6-5-7-9-17)25(27-20)35-16-22(31)26-19-11-10-18(33-2)14-21(19)34-3/h5-11,14-15H,4,12-13,16H2,1-3H3,(H,26,31). The van der Waals surface area contributed by atoms with Gasteiger partial charge in [-0.05, 0) is 31.0 Å². The summed E-state index contributed by atoms with van der Waals surface area (Å²) in [4.78, 5) is 30.7. The van der Waals surface area contributed by atoms with Crippen LogP contribution in [0.1, 0.15) is 12.5 Å². The Bertz CT molecular complexity index is 1380. The average molecular weight is 494 g/mol. The number of aryl methyl sites for hydroxylation is 2. The number of benzene rings is 2. The largest absolute Gasteiger partial charge is 0.497 e. The molecule has 0 unspecified atom stereocenters. The summed E-state index contributed by atoms with van der Waals surface area (Å²) >= 11 is 1.21. The van der Waals surface area contributed by atoms with Crippen LogP contribution in [0.15, 0.2) is 64.7 Å². The molecule has 4 aromatic rings. The van der Waals surface area contributed by atoms with Crippen LogP contribution in [0, 0.1) is 0 Å². The molecule has 0 radical (unpaired) electrons. The molecule has 0 atom stereocenters. The first-order valence-corrected chi connectivity index (χ1v) is 12.2. The molecule has 0 bridgehead atoms. The number of anilines is 1. The predicted octanol–water partition coefficient (Wildman–Crippen LogP) is 3.60. The molecule has 0 aliphatic carbocycles. The molecular weight excluding hydrogens is 466 g/mol. The number of carbonyl (C=O) groups is 1. The summed E-state index contributed by atoms with van der Waals surface area (Å²) in [6, 6.07) is 15.1. The van der Waals surface area contributed by atoms with Crippen LogP contribution >= 0.6 is 11.8 Å². The number of methoxy groups -OCH3 is 2. The Hall–Kier alpha value is -3.79. The van der Waals surface area contributed by atoms with E-state index in [2.05, 4.69) is 15.4 Å². The Kier molecular flexibility index (Phi) is 7.71. The van der Waals surface area contributed by atoms with E-state index in [1.54, 1.807) is 40.8 Å². The van der Waals surface area contributed by atoms with Crippen LogP contribution in [0.3, 0.4) is 0 Å². The molecule has 9 nitrogen and oxygen atoms in total. The molecule has 1 amide bonds. The number of amides is 1. The molecule has 0 aliphatic heterocycles. The van der Waals surface area contributed by atoms with Gasteiger partial charge in [-0.25, -0.2) is 4.98 Å². The number of nitrogens with one attached hydrogen (secondary N) is 1. The molecule has 0 fully saturated rings. The molecule has 35 heavy (non-hydrogen) atoms. The predicted molar refractivity (Wildman–Crippen MR) is 137 cm³/mol. The van der Waals surface area contributed by atoms with Gasteiger partial charge in [0.1, 0.15) is 17.0 Å². The second kappa shape index (κ2) is 11.1. The Morgan fingerprint density at radius 2 is 1.91 bits per heavy atom. The summed E-state index contributed by atoms with van der Waals surface area (Å²) in [7, 11) is 3.09. The van der Waals surface area contributed by atoms with Crippen LogP contribution in [0.25, 0.3) is 11.0 Å². The van der Waals surface area contributed by atoms with Crippen molar-refractivity contribution < 1.29 is 14.3 Å². The van der Waals surface area contributed by atoms with Crippen molar-refractivity contribution in [2.45, 2.75) is 31.6 Å². The van der Waals surface area contributed by atoms with Gasteiger partial charge in [0.05, 0.1) is 31.9 Å². The van der Waals surface area contributed by atoms with E-state index in [4.69, 9.17) is 9.47 Å². The van der Waals surface area contributed by atoms with Gasteiger partial charge in [-0.3, -0.25) is 18.8 Å². The quantitative estimate of drug-likeness (QED) is 0.266. The highest BCUT2D eigenvalue weighted by Crippen LogP contribution is 2.29. The van der Waals surface area contributed by atoms with Crippen LogP contribution in [0.4, 0.5) is 5.69 Å². The second-order valence-electron chi connectivity index (χ2n) is 7.71. The fourth-order valence-electron chi connectivity index (χ4n) is 3.60. The molecule has 2 aromatic carbocycles. The Morgan fingerprint density at radius 1 is 1.11 bits per heavy atom. The van der Waals surface area contributed by atoms with E-state index in [0.717, 1.165) is 5.56 Å². The minimum Gasteiger partial charge on any atom is -0.497 e.